The molecule has 5 rings (SSSR count). The van der Waals surface area contributed by atoms with Gasteiger partial charge in [0.15, 0.2) is 0 Å². The Morgan fingerprint density at radius 2 is 1.83 bits per heavy atom. The third kappa shape index (κ3) is 7.02. The highest BCUT2D eigenvalue weighted by atomic mass is 35.5. The number of fused-ring (bicyclic) bond motifs is 1. The van der Waals surface area contributed by atoms with Gasteiger partial charge in [0.25, 0.3) is 11.5 Å². The minimum Gasteiger partial charge on any atom is -0.495 e. The predicted octanol–water partition coefficient (Wildman–Crippen LogP) is 3.61. The van der Waals surface area contributed by atoms with Gasteiger partial charge >= 0.3 is 0 Å². The van der Waals surface area contributed by atoms with Gasteiger partial charge in [0.2, 0.25) is 5.95 Å². The fraction of sp³-hybridized carbons (Fsp3) is 0.469. The Kier molecular flexibility index (Phi) is 10.6. The van der Waals surface area contributed by atoms with Crippen molar-refractivity contribution in [3.63, 3.8) is 0 Å². The number of aromatic nitrogens is 3. The molecule has 2 aromatic heterocycles. The van der Waals surface area contributed by atoms with E-state index in [2.05, 4.69) is 26.3 Å². The first-order valence-electron chi connectivity index (χ1n) is 15.1. The number of carbonyl (C=O) groups excluding carboxylic acids is 1. The predicted molar refractivity (Wildman–Crippen MR) is 178 cm³/mol. The molecule has 1 amide bonds. The van der Waals surface area contributed by atoms with Crippen LogP contribution in [0.3, 0.4) is 0 Å². The van der Waals surface area contributed by atoms with Gasteiger partial charge in [-0.25, -0.2) is 4.98 Å². The summed E-state index contributed by atoms with van der Waals surface area (Å²) in [5.74, 6) is 0.594. The van der Waals surface area contributed by atoms with E-state index in [1.165, 1.54) is 18.8 Å². The Bertz CT molecular complexity index is 1770. The number of pyridine rings is 1. The fourth-order valence-electron chi connectivity index (χ4n) is 5.70. The van der Waals surface area contributed by atoms with Gasteiger partial charge < -0.3 is 29.2 Å². The number of nitrogens with zero attached hydrogens (tertiary/aromatic N) is 6. The normalized spacial score (nSPS) is 16.1. The second-order valence-corrected chi connectivity index (χ2v) is 12.4. The zero-order chi connectivity index (χ0) is 33.9. The van der Waals surface area contributed by atoms with E-state index in [0.717, 1.165) is 13.1 Å². The summed E-state index contributed by atoms with van der Waals surface area (Å²) in [7, 11) is 4.60. The Labute approximate surface area is 282 Å². The number of hydrogen-bond donors (Lipinski definition) is 1. The van der Waals surface area contributed by atoms with Crippen LogP contribution < -0.4 is 20.3 Å². The van der Waals surface area contributed by atoms with E-state index in [9.17, 15) is 14.9 Å². The number of amides is 1. The lowest BCUT2D eigenvalue weighted by Crippen LogP contribution is -2.55. The van der Waals surface area contributed by atoms with Gasteiger partial charge in [0, 0.05) is 62.0 Å². The number of methoxy groups -OCH3 is 2. The number of nitriles is 1. The Morgan fingerprint density at radius 3 is 2.43 bits per heavy atom. The molecule has 0 bridgehead atoms. The van der Waals surface area contributed by atoms with Crippen LogP contribution in [0.1, 0.15) is 13.8 Å². The molecule has 0 radical (unpaired) electrons. The molecule has 2 aliphatic heterocycles. The standard InChI is InChI=1S/C32H37Cl2N7O6/c1-32(2,40-6-9-46-10-7-40)14-20(15-35)29(42)39-17-21(18-39)47-11-8-41-28-19(16-37-31(36-3)38-28)12-22(30(41)43)25-26(33)23(44-4)13-24(45-5)27(25)34/h12-14,16,21H,6-11,17-18H2,1-5H3,(H,36,37,38)/b20-14-. The number of morpholine rings is 1. The first-order chi connectivity index (χ1) is 22.5. The average molecular weight is 687 g/mol. The lowest BCUT2D eigenvalue weighted by molar-refractivity contribution is -0.140. The van der Waals surface area contributed by atoms with Crippen molar-refractivity contribution in [3.8, 4) is 28.7 Å². The van der Waals surface area contributed by atoms with Crippen LogP contribution in [0.2, 0.25) is 10.0 Å². The van der Waals surface area contributed by atoms with Crippen LogP contribution in [-0.2, 0) is 20.8 Å². The maximum absolute atomic E-state index is 14.1. The molecule has 0 unspecified atom stereocenters. The zero-order valence-corrected chi connectivity index (χ0v) is 28.4. The van der Waals surface area contributed by atoms with Crippen molar-refractivity contribution in [2.75, 3.05) is 72.6 Å². The van der Waals surface area contributed by atoms with E-state index in [4.69, 9.17) is 42.1 Å². The van der Waals surface area contributed by atoms with Crippen LogP contribution in [0.5, 0.6) is 11.5 Å². The molecule has 2 fully saturated rings. The zero-order valence-electron chi connectivity index (χ0n) is 26.9. The van der Waals surface area contributed by atoms with Gasteiger partial charge in [0.1, 0.15) is 28.8 Å². The summed E-state index contributed by atoms with van der Waals surface area (Å²) < 4.78 is 23.8. The Hall–Kier alpha value is -3.93. The highest BCUT2D eigenvalue weighted by Gasteiger charge is 2.35. The van der Waals surface area contributed by atoms with Crippen molar-refractivity contribution in [3.05, 3.63) is 50.4 Å². The van der Waals surface area contributed by atoms with Gasteiger partial charge in [-0.1, -0.05) is 23.2 Å². The van der Waals surface area contributed by atoms with E-state index in [0.29, 0.717) is 54.8 Å². The molecule has 1 N–H and O–H groups in total. The highest BCUT2D eigenvalue weighted by molar-refractivity contribution is 6.41. The molecule has 0 aliphatic carbocycles. The maximum Gasteiger partial charge on any atom is 0.264 e. The molecule has 47 heavy (non-hydrogen) atoms. The van der Waals surface area contributed by atoms with E-state index in [1.54, 1.807) is 36.4 Å². The van der Waals surface area contributed by atoms with E-state index >= 15 is 0 Å². The lowest BCUT2D eigenvalue weighted by Gasteiger charge is -2.40. The molecule has 250 valence electrons. The van der Waals surface area contributed by atoms with Crippen LogP contribution in [-0.4, -0.2) is 109 Å². The molecule has 1 aromatic carbocycles. The van der Waals surface area contributed by atoms with Crippen LogP contribution in [0.4, 0.5) is 5.95 Å². The van der Waals surface area contributed by atoms with Crippen LogP contribution in [0.15, 0.2) is 34.8 Å². The van der Waals surface area contributed by atoms with Crippen molar-refractivity contribution in [1.82, 2.24) is 24.3 Å². The summed E-state index contributed by atoms with van der Waals surface area (Å²) in [4.78, 5) is 39.8. The molecule has 4 heterocycles. The number of halogens is 2. The fourth-order valence-corrected chi connectivity index (χ4v) is 6.41. The smallest absolute Gasteiger partial charge is 0.264 e. The third-order valence-electron chi connectivity index (χ3n) is 8.37. The summed E-state index contributed by atoms with van der Waals surface area (Å²) in [6.07, 6.45) is 3.08. The summed E-state index contributed by atoms with van der Waals surface area (Å²) in [5, 5.41) is 13.6. The molecule has 3 aromatic rings. The second kappa shape index (κ2) is 14.5. The molecular formula is C32H37Cl2N7O6. The van der Waals surface area contributed by atoms with E-state index in [1.807, 2.05) is 13.8 Å². The monoisotopic (exact) mass is 685 g/mol. The largest absolute Gasteiger partial charge is 0.495 e. The Balaban J connectivity index is 1.34. The number of rotatable bonds is 11. The van der Waals surface area contributed by atoms with Crippen molar-refractivity contribution in [2.45, 2.75) is 32.0 Å². The number of nitrogens with one attached hydrogen (secondary N) is 1. The first-order valence-corrected chi connectivity index (χ1v) is 15.8. The van der Waals surface area contributed by atoms with Gasteiger partial charge in [-0.15, -0.1) is 0 Å². The number of ether oxygens (including phenoxy) is 4. The summed E-state index contributed by atoms with van der Waals surface area (Å²) >= 11 is 13.4. The highest BCUT2D eigenvalue weighted by Crippen LogP contribution is 2.45. The number of hydrogen-bond acceptors (Lipinski definition) is 11. The van der Waals surface area contributed by atoms with Gasteiger partial charge in [-0.2, -0.15) is 10.2 Å². The van der Waals surface area contributed by atoms with Crippen LogP contribution in [0, 0.1) is 11.3 Å². The summed E-state index contributed by atoms with van der Waals surface area (Å²) in [5.41, 5.74) is 0.0777. The van der Waals surface area contributed by atoms with E-state index < -0.39 is 11.1 Å². The summed E-state index contributed by atoms with van der Waals surface area (Å²) in [6.45, 7) is 7.61. The van der Waals surface area contributed by atoms with Crippen molar-refractivity contribution in [2.24, 2.45) is 0 Å². The number of likely N-dealkylation sites (tertiary alicyclic amines) is 1. The maximum atomic E-state index is 14.1. The minimum atomic E-state index is -0.475. The van der Waals surface area contributed by atoms with Crippen molar-refractivity contribution in [1.29, 1.82) is 5.26 Å². The van der Waals surface area contributed by atoms with E-state index in [-0.39, 0.29) is 51.9 Å². The molecule has 15 heteroatoms. The molecule has 2 aliphatic rings. The van der Waals surface area contributed by atoms with Gasteiger partial charge in [-0.3, -0.25) is 19.1 Å². The lowest BCUT2D eigenvalue weighted by atomic mass is 9.97. The van der Waals surface area contributed by atoms with Gasteiger partial charge in [-0.05, 0) is 26.0 Å². The summed E-state index contributed by atoms with van der Waals surface area (Å²) in [6, 6.07) is 5.27. The SMILES string of the molecule is CNc1ncc2cc(-c3c(Cl)c(OC)cc(OC)c3Cl)c(=O)n(CCOC3CN(C(=O)/C(C#N)=C\C(C)(C)N4CCOCC4)C3)c2n1. The molecule has 2 saturated heterocycles. The number of anilines is 1. The molecule has 0 saturated carbocycles. The minimum absolute atomic E-state index is 0.0984. The quantitative estimate of drug-likeness (QED) is 0.233. The van der Waals surface area contributed by atoms with Gasteiger partial charge in [0.05, 0.1) is 62.3 Å². The number of carbonyl (C=O) groups is 1. The Morgan fingerprint density at radius 1 is 1.17 bits per heavy atom. The molecule has 13 nitrogen and oxygen atoms in total. The second-order valence-electron chi connectivity index (χ2n) is 11.6. The molecule has 0 atom stereocenters. The molecule has 0 spiro atoms. The average Bonchev–Trinajstić information content (AvgIpc) is 3.06. The first kappa shape index (κ1) is 34.4. The van der Waals surface area contributed by atoms with Crippen LogP contribution in [0.25, 0.3) is 22.2 Å². The van der Waals surface area contributed by atoms with Crippen molar-refractivity contribution >= 4 is 46.1 Å². The topological polar surface area (TPSA) is 144 Å². The van der Waals surface area contributed by atoms with Crippen LogP contribution >= 0.6 is 23.2 Å². The third-order valence-corrected chi connectivity index (χ3v) is 9.12. The number of benzene rings is 1. The van der Waals surface area contributed by atoms with Crippen molar-refractivity contribution < 1.29 is 23.7 Å². The molecular weight excluding hydrogens is 649 g/mol.